The monoisotopic (exact) mass is 283 g/mol. The number of nitriles is 1. The van der Waals surface area contributed by atoms with Gasteiger partial charge in [-0.05, 0) is 39.5 Å². The molecule has 20 heavy (non-hydrogen) atoms. The summed E-state index contributed by atoms with van der Waals surface area (Å²) in [7, 11) is 0. The Balaban J connectivity index is 5.35. The van der Waals surface area contributed by atoms with Crippen molar-refractivity contribution in [1.29, 1.82) is 5.26 Å². The number of hydrogen-bond donors (Lipinski definition) is 0. The van der Waals surface area contributed by atoms with Crippen molar-refractivity contribution < 1.29 is 19.1 Å². The fourth-order valence-corrected chi connectivity index (χ4v) is 1.94. The van der Waals surface area contributed by atoms with Gasteiger partial charge >= 0.3 is 11.9 Å². The van der Waals surface area contributed by atoms with Crippen molar-refractivity contribution in [2.24, 2.45) is 17.3 Å². The summed E-state index contributed by atoms with van der Waals surface area (Å²) >= 11 is 0. The average molecular weight is 283 g/mol. The normalized spacial score (nSPS) is 15.1. The van der Waals surface area contributed by atoms with Crippen LogP contribution in [0.3, 0.4) is 0 Å². The van der Waals surface area contributed by atoms with Gasteiger partial charge in [0.05, 0.1) is 25.2 Å². The fourth-order valence-electron chi connectivity index (χ4n) is 1.94. The third-order valence-corrected chi connectivity index (χ3v) is 3.33. The average Bonchev–Trinajstić information content (AvgIpc) is 2.40. The molecule has 0 heterocycles. The SMILES string of the molecule is CCOC(=O)C(C)C(C#N)(CCC(C)C)C(=O)OCC. The number of hydrogen-bond acceptors (Lipinski definition) is 5. The smallest absolute Gasteiger partial charge is 0.327 e. The standard InChI is InChI=1S/C15H25NO4/c1-6-19-13(17)12(5)15(10-16,9-8-11(3)4)14(18)20-7-2/h11-12H,6-9H2,1-5H3. The Hall–Kier alpha value is -1.57. The van der Waals surface area contributed by atoms with Gasteiger partial charge in [0.1, 0.15) is 0 Å². The number of ether oxygens (including phenoxy) is 2. The highest BCUT2D eigenvalue weighted by Gasteiger charge is 2.49. The van der Waals surface area contributed by atoms with Crippen molar-refractivity contribution in [2.75, 3.05) is 13.2 Å². The molecule has 0 amide bonds. The molecule has 0 fully saturated rings. The summed E-state index contributed by atoms with van der Waals surface area (Å²) in [6, 6.07) is 2.02. The summed E-state index contributed by atoms with van der Waals surface area (Å²) in [4.78, 5) is 24.1. The van der Waals surface area contributed by atoms with Crippen molar-refractivity contribution in [2.45, 2.75) is 47.5 Å². The molecule has 0 radical (unpaired) electrons. The third-order valence-electron chi connectivity index (χ3n) is 3.33. The Morgan fingerprint density at radius 2 is 1.70 bits per heavy atom. The molecule has 0 aromatic rings. The van der Waals surface area contributed by atoms with Crippen molar-refractivity contribution in [3.63, 3.8) is 0 Å². The largest absolute Gasteiger partial charge is 0.466 e. The lowest BCUT2D eigenvalue weighted by Crippen LogP contribution is -2.42. The predicted molar refractivity (Wildman–Crippen MR) is 74.5 cm³/mol. The number of carbonyl (C=O) groups excluding carboxylic acids is 2. The third kappa shape index (κ3) is 4.52. The molecular weight excluding hydrogens is 258 g/mol. The van der Waals surface area contributed by atoms with Crippen LogP contribution in [0.15, 0.2) is 0 Å². The minimum atomic E-state index is -1.47. The molecule has 0 saturated carbocycles. The molecule has 2 unspecified atom stereocenters. The number of rotatable bonds is 8. The van der Waals surface area contributed by atoms with Gasteiger partial charge in [0.25, 0.3) is 0 Å². The molecule has 0 aromatic carbocycles. The van der Waals surface area contributed by atoms with E-state index in [1.807, 2.05) is 19.9 Å². The van der Waals surface area contributed by atoms with E-state index in [9.17, 15) is 14.9 Å². The van der Waals surface area contributed by atoms with E-state index in [4.69, 9.17) is 9.47 Å². The fraction of sp³-hybridized carbons (Fsp3) is 0.800. The molecule has 5 nitrogen and oxygen atoms in total. The van der Waals surface area contributed by atoms with Crippen LogP contribution in [0.5, 0.6) is 0 Å². The van der Waals surface area contributed by atoms with Gasteiger partial charge in [-0.25, -0.2) is 0 Å². The summed E-state index contributed by atoms with van der Waals surface area (Å²) in [5, 5.41) is 9.52. The molecule has 0 aliphatic carbocycles. The molecule has 2 atom stereocenters. The summed E-state index contributed by atoms with van der Waals surface area (Å²) < 4.78 is 9.96. The first-order chi connectivity index (χ1) is 9.35. The van der Waals surface area contributed by atoms with Crippen LogP contribution in [0.1, 0.15) is 47.5 Å². The van der Waals surface area contributed by atoms with Crippen molar-refractivity contribution in [3.05, 3.63) is 0 Å². The van der Waals surface area contributed by atoms with Gasteiger partial charge in [-0.15, -0.1) is 0 Å². The lowest BCUT2D eigenvalue weighted by Gasteiger charge is -2.29. The molecule has 114 valence electrons. The Kier molecular flexibility index (Phi) is 7.90. The van der Waals surface area contributed by atoms with E-state index in [0.29, 0.717) is 18.8 Å². The van der Waals surface area contributed by atoms with Crippen LogP contribution >= 0.6 is 0 Å². The van der Waals surface area contributed by atoms with E-state index in [2.05, 4.69) is 0 Å². The van der Waals surface area contributed by atoms with Crippen molar-refractivity contribution in [3.8, 4) is 6.07 Å². The maximum Gasteiger partial charge on any atom is 0.327 e. The van der Waals surface area contributed by atoms with E-state index in [0.717, 1.165) is 0 Å². The van der Waals surface area contributed by atoms with Crippen molar-refractivity contribution in [1.82, 2.24) is 0 Å². The first-order valence-electron chi connectivity index (χ1n) is 7.10. The van der Waals surface area contributed by atoms with Crippen LogP contribution in [0.4, 0.5) is 0 Å². The zero-order valence-corrected chi connectivity index (χ0v) is 13.1. The van der Waals surface area contributed by atoms with E-state index < -0.39 is 23.3 Å². The maximum atomic E-state index is 12.2. The lowest BCUT2D eigenvalue weighted by atomic mass is 9.73. The highest BCUT2D eigenvalue weighted by molar-refractivity contribution is 5.87. The van der Waals surface area contributed by atoms with Gasteiger partial charge in [0.2, 0.25) is 0 Å². The van der Waals surface area contributed by atoms with Crippen LogP contribution in [0, 0.1) is 28.6 Å². The molecule has 5 heteroatoms. The Bertz CT molecular complexity index is 373. The van der Waals surface area contributed by atoms with Crippen LogP contribution in [-0.4, -0.2) is 25.2 Å². The number of nitrogens with zero attached hydrogens (tertiary/aromatic N) is 1. The first-order valence-corrected chi connectivity index (χ1v) is 7.10. The van der Waals surface area contributed by atoms with Crippen LogP contribution in [-0.2, 0) is 19.1 Å². The van der Waals surface area contributed by atoms with Gasteiger partial charge in [-0.2, -0.15) is 5.26 Å². The van der Waals surface area contributed by atoms with Gasteiger partial charge < -0.3 is 9.47 Å². The Morgan fingerprint density at radius 1 is 1.15 bits per heavy atom. The quantitative estimate of drug-likeness (QED) is 0.640. The number of esters is 2. The van der Waals surface area contributed by atoms with E-state index in [-0.39, 0.29) is 13.2 Å². The molecule has 0 saturated heterocycles. The maximum absolute atomic E-state index is 12.2. The zero-order valence-electron chi connectivity index (χ0n) is 13.1. The van der Waals surface area contributed by atoms with E-state index >= 15 is 0 Å². The van der Waals surface area contributed by atoms with Crippen LogP contribution in [0.2, 0.25) is 0 Å². The van der Waals surface area contributed by atoms with Gasteiger partial charge in [0.15, 0.2) is 5.41 Å². The Morgan fingerprint density at radius 3 is 2.10 bits per heavy atom. The highest BCUT2D eigenvalue weighted by Crippen LogP contribution is 2.36. The van der Waals surface area contributed by atoms with Crippen LogP contribution < -0.4 is 0 Å². The summed E-state index contributed by atoms with van der Waals surface area (Å²) in [5.41, 5.74) is -1.47. The summed E-state index contributed by atoms with van der Waals surface area (Å²) in [5.74, 6) is -1.69. The number of carbonyl (C=O) groups is 2. The van der Waals surface area contributed by atoms with Crippen LogP contribution in [0.25, 0.3) is 0 Å². The zero-order chi connectivity index (χ0) is 15.8. The van der Waals surface area contributed by atoms with E-state index in [1.54, 1.807) is 20.8 Å². The molecule has 0 bridgehead atoms. The molecule has 0 aliphatic heterocycles. The summed E-state index contributed by atoms with van der Waals surface area (Å²) in [6.45, 7) is 9.33. The highest BCUT2D eigenvalue weighted by atomic mass is 16.5. The predicted octanol–water partition coefficient (Wildman–Crippen LogP) is 2.69. The lowest BCUT2D eigenvalue weighted by molar-refractivity contribution is -0.165. The minimum Gasteiger partial charge on any atom is -0.466 e. The molecular formula is C15H25NO4. The molecule has 0 aliphatic rings. The van der Waals surface area contributed by atoms with Gasteiger partial charge in [-0.3, -0.25) is 9.59 Å². The topological polar surface area (TPSA) is 76.4 Å². The van der Waals surface area contributed by atoms with Gasteiger partial charge in [-0.1, -0.05) is 13.8 Å². The second-order valence-corrected chi connectivity index (χ2v) is 5.21. The first kappa shape index (κ1) is 18.4. The molecule has 0 rings (SSSR count). The Labute approximate surface area is 121 Å². The summed E-state index contributed by atoms with van der Waals surface area (Å²) in [6.07, 6.45) is 0.954. The second-order valence-electron chi connectivity index (χ2n) is 5.21. The van der Waals surface area contributed by atoms with Crippen molar-refractivity contribution >= 4 is 11.9 Å². The second kappa shape index (κ2) is 8.57. The molecule has 0 N–H and O–H groups in total. The molecule has 0 aromatic heterocycles. The van der Waals surface area contributed by atoms with Gasteiger partial charge in [0, 0.05) is 0 Å². The molecule has 0 spiro atoms. The van der Waals surface area contributed by atoms with E-state index in [1.165, 1.54) is 0 Å². The minimum absolute atomic E-state index is 0.180.